The molecular weight excluding hydrogens is 448 g/mol. The third kappa shape index (κ3) is 7.19. The van der Waals surface area contributed by atoms with Crippen molar-refractivity contribution in [2.45, 2.75) is 39.3 Å². The number of amides is 3. The molecule has 9 heteroatoms. The van der Waals surface area contributed by atoms with Crippen LogP contribution in [0, 0.1) is 0 Å². The second-order valence-electron chi connectivity index (χ2n) is 9.40. The van der Waals surface area contributed by atoms with Crippen LogP contribution in [0.4, 0.5) is 16.2 Å². The average Bonchev–Trinajstić information content (AvgIpc) is 2.83. The highest BCUT2D eigenvalue weighted by atomic mass is 16.6. The quantitative estimate of drug-likeness (QED) is 0.649. The molecule has 0 aromatic heterocycles. The van der Waals surface area contributed by atoms with Crippen molar-refractivity contribution < 1.29 is 23.9 Å². The van der Waals surface area contributed by atoms with E-state index in [1.807, 2.05) is 44.7 Å². The number of nitrogens with zero attached hydrogens (tertiary/aromatic N) is 2. The normalized spacial score (nSPS) is 15.2. The molecule has 0 saturated carbocycles. The maximum absolute atomic E-state index is 12.8. The van der Waals surface area contributed by atoms with Gasteiger partial charge in [-0.1, -0.05) is 12.1 Å². The van der Waals surface area contributed by atoms with E-state index in [2.05, 4.69) is 10.6 Å². The molecule has 3 rings (SSSR count). The lowest BCUT2D eigenvalue weighted by atomic mass is 10.1. The van der Waals surface area contributed by atoms with Crippen molar-refractivity contribution in [3.05, 3.63) is 54.1 Å². The van der Waals surface area contributed by atoms with Gasteiger partial charge in [-0.15, -0.1) is 0 Å². The summed E-state index contributed by atoms with van der Waals surface area (Å²) in [6, 6.07) is 13.5. The number of para-hydroxylation sites is 2. The van der Waals surface area contributed by atoms with Gasteiger partial charge in [0.05, 0.1) is 18.8 Å². The summed E-state index contributed by atoms with van der Waals surface area (Å²) < 4.78 is 10.7. The van der Waals surface area contributed by atoms with E-state index in [0.717, 1.165) is 0 Å². The Morgan fingerprint density at radius 3 is 2.14 bits per heavy atom. The van der Waals surface area contributed by atoms with E-state index in [1.165, 1.54) is 0 Å². The number of rotatable bonds is 6. The molecule has 0 spiro atoms. The SMILES string of the molecule is COc1ccccc1NC(=O)c1ccc(NC(=O)C(C)N2CCN(C(=O)OC(C)(C)C)CC2)cc1. The summed E-state index contributed by atoms with van der Waals surface area (Å²) in [5.74, 6) is 0.149. The highest BCUT2D eigenvalue weighted by Gasteiger charge is 2.29. The van der Waals surface area contributed by atoms with Gasteiger partial charge in [-0.05, 0) is 64.1 Å². The number of hydrogen-bond donors (Lipinski definition) is 2. The Balaban J connectivity index is 1.51. The van der Waals surface area contributed by atoms with Crippen LogP contribution >= 0.6 is 0 Å². The van der Waals surface area contributed by atoms with Crippen LogP contribution in [0.1, 0.15) is 38.1 Å². The summed E-state index contributed by atoms with van der Waals surface area (Å²) in [7, 11) is 1.55. The fraction of sp³-hybridized carbons (Fsp3) is 0.423. The maximum Gasteiger partial charge on any atom is 0.410 e. The summed E-state index contributed by atoms with van der Waals surface area (Å²) in [6.45, 7) is 9.53. The first-order valence-corrected chi connectivity index (χ1v) is 11.6. The molecule has 0 aliphatic carbocycles. The van der Waals surface area contributed by atoms with Crippen LogP contribution in [-0.2, 0) is 9.53 Å². The first kappa shape index (κ1) is 26.0. The molecule has 0 radical (unpaired) electrons. The molecule has 0 bridgehead atoms. The minimum atomic E-state index is -0.536. The van der Waals surface area contributed by atoms with E-state index in [1.54, 1.807) is 48.4 Å². The fourth-order valence-corrected chi connectivity index (χ4v) is 3.68. The lowest BCUT2D eigenvalue weighted by molar-refractivity contribution is -0.121. The van der Waals surface area contributed by atoms with E-state index in [4.69, 9.17) is 9.47 Å². The molecule has 2 aromatic carbocycles. The van der Waals surface area contributed by atoms with Crippen LogP contribution in [-0.4, -0.2) is 72.6 Å². The number of carbonyl (C=O) groups is 3. The Bertz CT molecular complexity index is 1040. The molecular formula is C26H34N4O5. The van der Waals surface area contributed by atoms with Gasteiger partial charge in [0, 0.05) is 37.4 Å². The van der Waals surface area contributed by atoms with Gasteiger partial charge in [0.15, 0.2) is 0 Å². The maximum atomic E-state index is 12.8. The molecule has 1 unspecified atom stereocenters. The minimum absolute atomic E-state index is 0.151. The van der Waals surface area contributed by atoms with Crippen LogP contribution in [0.3, 0.4) is 0 Å². The zero-order chi connectivity index (χ0) is 25.6. The van der Waals surface area contributed by atoms with Crippen molar-refractivity contribution in [1.29, 1.82) is 0 Å². The van der Waals surface area contributed by atoms with Gasteiger partial charge in [0.2, 0.25) is 5.91 Å². The number of hydrogen-bond acceptors (Lipinski definition) is 6. The largest absolute Gasteiger partial charge is 0.495 e. The Morgan fingerprint density at radius 2 is 1.54 bits per heavy atom. The third-order valence-electron chi connectivity index (χ3n) is 5.66. The van der Waals surface area contributed by atoms with Crippen LogP contribution in [0.2, 0.25) is 0 Å². The van der Waals surface area contributed by atoms with Gasteiger partial charge in [-0.25, -0.2) is 4.79 Å². The number of carbonyl (C=O) groups excluding carboxylic acids is 3. The van der Waals surface area contributed by atoms with Crippen molar-refractivity contribution >= 4 is 29.3 Å². The summed E-state index contributed by atoms with van der Waals surface area (Å²) >= 11 is 0. The van der Waals surface area contributed by atoms with Crippen molar-refractivity contribution in [3.8, 4) is 5.75 Å². The standard InChI is InChI=1S/C26H34N4O5/c1-18(29-14-16-30(17-15-29)25(33)35-26(2,3)4)23(31)27-20-12-10-19(11-13-20)24(32)28-21-8-6-7-9-22(21)34-5/h6-13,18H,14-17H2,1-5H3,(H,27,31)(H,28,32). The van der Waals surface area contributed by atoms with Gasteiger partial charge in [0.25, 0.3) is 5.91 Å². The molecule has 2 aromatic rings. The number of methoxy groups -OCH3 is 1. The molecule has 1 atom stereocenters. The lowest BCUT2D eigenvalue weighted by Gasteiger charge is -2.37. The van der Waals surface area contributed by atoms with Crippen LogP contribution in [0.25, 0.3) is 0 Å². The number of ether oxygens (including phenoxy) is 2. The van der Waals surface area contributed by atoms with Gasteiger partial charge in [-0.3, -0.25) is 14.5 Å². The molecule has 35 heavy (non-hydrogen) atoms. The molecule has 1 aliphatic heterocycles. The minimum Gasteiger partial charge on any atom is -0.495 e. The van der Waals surface area contributed by atoms with Crippen molar-refractivity contribution in [2.24, 2.45) is 0 Å². The van der Waals surface area contributed by atoms with Gasteiger partial charge >= 0.3 is 6.09 Å². The monoisotopic (exact) mass is 482 g/mol. The van der Waals surface area contributed by atoms with Crippen molar-refractivity contribution in [3.63, 3.8) is 0 Å². The molecule has 1 fully saturated rings. The molecule has 1 heterocycles. The zero-order valence-electron chi connectivity index (χ0n) is 21.0. The lowest BCUT2D eigenvalue weighted by Crippen LogP contribution is -2.54. The van der Waals surface area contributed by atoms with Gasteiger partial charge in [0.1, 0.15) is 11.4 Å². The van der Waals surface area contributed by atoms with E-state index in [0.29, 0.717) is 48.9 Å². The van der Waals surface area contributed by atoms with Crippen molar-refractivity contribution in [2.75, 3.05) is 43.9 Å². The zero-order valence-corrected chi connectivity index (χ0v) is 21.0. The Morgan fingerprint density at radius 1 is 0.914 bits per heavy atom. The first-order chi connectivity index (χ1) is 16.6. The number of anilines is 2. The molecule has 188 valence electrons. The predicted octanol–water partition coefficient (Wildman–Crippen LogP) is 3.83. The Kier molecular flexibility index (Phi) is 8.34. The fourth-order valence-electron chi connectivity index (χ4n) is 3.68. The van der Waals surface area contributed by atoms with Gasteiger partial charge in [-0.2, -0.15) is 0 Å². The molecule has 1 saturated heterocycles. The third-order valence-corrected chi connectivity index (χ3v) is 5.66. The smallest absolute Gasteiger partial charge is 0.410 e. The number of nitrogens with one attached hydrogen (secondary N) is 2. The second-order valence-corrected chi connectivity index (χ2v) is 9.40. The Hall–Kier alpha value is -3.59. The van der Waals surface area contributed by atoms with E-state index in [-0.39, 0.29) is 23.9 Å². The number of piperazine rings is 1. The summed E-state index contributed by atoms with van der Waals surface area (Å²) in [5, 5.41) is 5.73. The highest BCUT2D eigenvalue weighted by Crippen LogP contribution is 2.24. The van der Waals surface area contributed by atoms with Crippen LogP contribution in [0.5, 0.6) is 5.75 Å². The van der Waals surface area contributed by atoms with Crippen LogP contribution in [0.15, 0.2) is 48.5 Å². The Labute approximate surface area is 206 Å². The van der Waals surface area contributed by atoms with E-state index >= 15 is 0 Å². The molecule has 1 aliphatic rings. The average molecular weight is 483 g/mol. The topological polar surface area (TPSA) is 100 Å². The van der Waals surface area contributed by atoms with Gasteiger partial charge < -0.3 is 25.0 Å². The predicted molar refractivity (Wildman–Crippen MR) is 135 cm³/mol. The first-order valence-electron chi connectivity index (χ1n) is 11.6. The molecule has 9 nitrogen and oxygen atoms in total. The number of benzene rings is 2. The van der Waals surface area contributed by atoms with Crippen molar-refractivity contribution in [1.82, 2.24) is 9.80 Å². The highest BCUT2D eigenvalue weighted by molar-refractivity contribution is 6.05. The summed E-state index contributed by atoms with van der Waals surface area (Å²) in [5.41, 5.74) is 1.10. The van der Waals surface area contributed by atoms with Crippen LogP contribution < -0.4 is 15.4 Å². The van der Waals surface area contributed by atoms with E-state index < -0.39 is 5.60 Å². The molecule has 2 N–H and O–H groups in total. The summed E-state index contributed by atoms with van der Waals surface area (Å²) in [4.78, 5) is 41.3. The second kappa shape index (κ2) is 11.2. The van der Waals surface area contributed by atoms with E-state index in [9.17, 15) is 14.4 Å². The molecule has 3 amide bonds. The summed E-state index contributed by atoms with van der Waals surface area (Å²) in [6.07, 6.45) is -0.330.